The van der Waals surface area contributed by atoms with Crippen molar-refractivity contribution < 1.29 is 14.5 Å². The summed E-state index contributed by atoms with van der Waals surface area (Å²) in [6.07, 6.45) is 0. The molecule has 2 N–H and O–H groups in total. The van der Waals surface area contributed by atoms with Gasteiger partial charge in [-0.05, 0) is 29.8 Å². The number of nitro groups is 1. The van der Waals surface area contributed by atoms with E-state index < -0.39 is 11.0 Å². The number of nitrogen functional groups attached to an aromatic ring is 1. The number of nitro benzene ring substituents is 1. The molecule has 1 aliphatic rings. The zero-order chi connectivity index (χ0) is 21.0. The number of nitrogens with zero attached hydrogens (tertiary/aromatic N) is 4. The van der Waals surface area contributed by atoms with Crippen molar-refractivity contribution in [1.82, 2.24) is 9.80 Å². The molecule has 150 valence electrons. The Kier molecular flexibility index (Phi) is 5.95. The lowest BCUT2D eigenvalue weighted by Crippen LogP contribution is -2.49. The molecule has 0 radical (unpaired) electrons. The number of benzene rings is 2. The highest BCUT2D eigenvalue weighted by molar-refractivity contribution is 5.95. The Bertz CT molecular complexity index is 946. The van der Waals surface area contributed by atoms with E-state index in [0.717, 1.165) is 11.3 Å². The van der Waals surface area contributed by atoms with Crippen molar-refractivity contribution >= 4 is 17.3 Å². The smallest absolute Gasteiger partial charge is 0.292 e. The molecule has 1 fully saturated rings. The summed E-state index contributed by atoms with van der Waals surface area (Å²) in [7, 11) is 1.59. The van der Waals surface area contributed by atoms with Crippen LogP contribution in [0.4, 0.5) is 11.4 Å². The largest absolute Gasteiger partial charge is 0.497 e. The fourth-order valence-corrected chi connectivity index (χ4v) is 3.35. The van der Waals surface area contributed by atoms with E-state index in [1.807, 2.05) is 29.2 Å². The normalized spacial score (nSPS) is 15.4. The molecule has 1 amide bonds. The predicted octanol–water partition coefficient (Wildman–Crippen LogP) is 2.21. The number of hydrogen-bond donors (Lipinski definition) is 1. The van der Waals surface area contributed by atoms with Gasteiger partial charge >= 0.3 is 0 Å². The van der Waals surface area contributed by atoms with Crippen LogP contribution in [0.2, 0.25) is 0 Å². The lowest BCUT2D eigenvalue weighted by Gasteiger charge is -2.37. The van der Waals surface area contributed by atoms with Crippen molar-refractivity contribution in [3.63, 3.8) is 0 Å². The molecular weight excluding hydrogens is 374 g/mol. The Morgan fingerprint density at radius 2 is 1.86 bits per heavy atom. The molecule has 0 aliphatic carbocycles. The van der Waals surface area contributed by atoms with Gasteiger partial charge in [-0.1, -0.05) is 12.1 Å². The highest BCUT2D eigenvalue weighted by Gasteiger charge is 2.28. The summed E-state index contributed by atoms with van der Waals surface area (Å²) < 4.78 is 5.15. The molecule has 0 saturated carbocycles. The van der Waals surface area contributed by atoms with Crippen LogP contribution in [0.5, 0.6) is 5.75 Å². The quantitative estimate of drug-likeness (QED) is 0.467. The summed E-state index contributed by atoms with van der Waals surface area (Å²) >= 11 is 0. The number of ether oxygens (including phenoxy) is 1. The molecule has 1 heterocycles. The Morgan fingerprint density at radius 1 is 1.21 bits per heavy atom. The van der Waals surface area contributed by atoms with Gasteiger partial charge in [-0.15, -0.1) is 0 Å². The summed E-state index contributed by atoms with van der Waals surface area (Å²) in [6.45, 7) is 1.89. The van der Waals surface area contributed by atoms with Crippen LogP contribution in [0.15, 0.2) is 42.5 Å². The topological polar surface area (TPSA) is 126 Å². The van der Waals surface area contributed by atoms with Crippen molar-refractivity contribution in [1.29, 1.82) is 5.26 Å². The molecule has 1 aliphatic heterocycles. The Balaban J connectivity index is 1.67. The number of anilines is 1. The molecule has 1 atom stereocenters. The van der Waals surface area contributed by atoms with Crippen LogP contribution in [0.3, 0.4) is 0 Å². The number of methoxy groups -OCH3 is 1. The maximum atomic E-state index is 12.7. The van der Waals surface area contributed by atoms with Crippen molar-refractivity contribution in [2.75, 3.05) is 39.0 Å². The predicted molar refractivity (Wildman–Crippen MR) is 106 cm³/mol. The second-order valence-corrected chi connectivity index (χ2v) is 6.66. The SMILES string of the molecule is COc1ccc(C(C#N)N2CCN(C(=O)c3ccc(N)c([N+](=O)[O-])c3)CC2)cc1. The summed E-state index contributed by atoms with van der Waals surface area (Å²) in [6, 6.07) is 13.3. The minimum atomic E-state index is -0.601. The van der Waals surface area contributed by atoms with Gasteiger partial charge in [-0.25, -0.2) is 0 Å². The molecule has 1 unspecified atom stereocenters. The van der Waals surface area contributed by atoms with Gasteiger partial charge in [0.25, 0.3) is 11.6 Å². The highest BCUT2D eigenvalue weighted by atomic mass is 16.6. The first-order valence-electron chi connectivity index (χ1n) is 9.05. The number of nitrogens with two attached hydrogens (primary N) is 1. The van der Waals surface area contributed by atoms with Gasteiger partial charge in [0.15, 0.2) is 0 Å². The van der Waals surface area contributed by atoms with E-state index in [9.17, 15) is 20.2 Å². The summed E-state index contributed by atoms with van der Waals surface area (Å²) in [4.78, 5) is 26.8. The zero-order valence-electron chi connectivity index (χ0n) is 15.9. The molecule has 9 heteroatoms. The van der Waals surface area contributed by atoms with Crippen LogP contribution in [0.1, 0.15) is 22.0 Å². The van der Waals surface area contributed by atoms with Gasteiger partial charge in [-0.2, -0.15) is 5.26 Å². The van der Waals surface area contributed by atoms with Crippen LogP contribution >= 0.6 is 0 Å². The number of carbonyl (C=O) groups is 1. The minimum Gasteiger partial charge on any atom is -0.497 e. The average molecular weight is 395 g/mol. The van der Waals surface area contributed by atoms with E-state index in [1.54, 1.807) is 12.0 Å². The average Bonchev–Trinajstić information content (AvgIpc) is 2.75. The van der Waals surface area contributed by atoms with Crippen molar-refractivity contribution in [3.05, 3.63) is 63.7 Å². The van der Waals surface area contributed by atoms with Gasteiger partial charge in [0, 0.05) is 37.8 Å². The summed E-state index contributed by atoms with van der Waals surface area (Å²) in [5.41, 5.74) is 6.43. The number of rotatable bonds is 5. The number of amides is 1. The van der Waals surface area contributed by atoms with Crippen LogP contribution in [0, 0.1) is 21.4 Å². The third-order valence-corrected chi connectivity index (χ3v) is 4.99. The van der Waals surface area contributed by atoms with Crippen LogP contribution in [-0.4, -0.2) is 53.9 Å². The third kappa shape index (κ3) is 4.28. The zero-order valence-corrected chi connectivity index (χ0v) is 15.9. The van der Waals surface area contributed by atoms with Gasteiger partial charge in [0.1, 0.15) is 17.5 Å². The van der Waals surface area contributed by atoms with Gasteiger partial charge < -0.3 is 15.4 Å². The van der Waals surface area contributed by atoms with Crippen molar-refractivity contribution in [3.8, 4) is 11.8 Å². The molecule has 2 aromatic rings. The third-order valence-electron chi connectivity index (χ3n) is 4.99. The minimum absolute atomic E-state index is 0.0210. The fourth-order valence-electron chi connectivity index (χ4n) is 3.35. The van der Waals surface area contributed by atoms with Crippen LogP contribution in [0.25, 0.3) is 0 Å². The van der Waals surface area contributed by atoms with Crippen molar-refractivity contribution in [2.24, 2.45) is 0 Å². The Labute approximate surface area is 168 Å². The summed E-state index contributed by atoms with van der Waals surface area (Å²) in [5.74, 6) is 0.434. The maximum absolute atomic E-state index is 12.7. The summed E-state index contributed by atoms with van der Waals surface area (Å²) in [5, 5.41) is 20.7. The number of nitriles is 1. The first kappa shape index (κ1) is 20.1. The maximum Gasteiger partial charge on any atom is 0.292 e. The number of piperazine rings is 1. The molecule has 0 spiro atoms. The molecule has 29 heavy (non-hydrogen) atoms. The Hall–Kier alpha value is -3.64. The lowest BCUT2D eigenvalue weighted by molar-refractivity contribution is -0.383. The molecule has 9 nitrogen and oxygen atoms in total. The van der Waals surface area contributed by atoms with E-state index in [0.29, 0.717) is 26.2 Å². The number of hydrogen-bond acceptors (Lipinski definition) is 7. The highest BCUT2D eigenvalue weighted by Crippen LogP contribution is 2.26. The van der Waals surface area contributed by atoms with E-state index in [2.05, 4.69) is 6.07 Å². The molecule has 0 aromatic heterocycles. The second-order valence-electron chi connectivity index (χ2n) is 6.66. The van der Waals surface area contributed by atoms with E-state index in [1.165, 1.54) is 18.2 Å². The first-order valence-corrected chi connectivity index (χ1v) is 9.05. The van der Waals surface area contributed by atoms with Crippen LogP contribution < -0.4 is 10.5 Å². The molecule has 2 aromatic carbocycles. The molecule has 3 rings (SSSR count). The van der Waals surface area contributed by atoms with Gasteiger partial charge in [0.2, 0.25) is 0 Å². The van der Waals surface area contributed by atoms with Crippen molar-refractivity contribution in [2.45, 2.75) is 6.04 Å². The molecular formula is C20H21N5O4. The first-order chi connectivity index (χ1) is 13.9. The standard InChI is InChI=1S/C20H21N5O4/c1-29-16-5-2-14(3-6-16)19(13-21)23-8-10-24(11-9-23)20(26)15-4-7-17(22)18(12-15)25(27)28/h2-7,12,19H,8-11,22H2,1H3. The molecule has 0 bridgehead atoms. The van der Waals surface area contributed by atoms with Gasteiger partial charge in [-0.3, -0.25) is 19.8 Å². The fraction of sp³-hybridized carbons (Fsp3) is 0.300. The molecule has 1 saturated heterocycles. The van der Waals surface area contributed by atoms with Crippen LogP contribution in [-0.2, 0) is 0 Å². The lowest BCUT2D eigenvalue weighted by atomic mass is 10.0. The van der Waals surface area contributed by atoms with E-state index in [4.69, 9.17) is 10.5 Å². The monoisotopic (exact) mass is 395 g/mol. The second kappa shape index (κ2) is 8.58. The number of carbonyl (C=O) groups excluding carboxylic acids is 1. The van der Waals surface area contributed by atoms with E-state index >= 15 is 0 Å². The van der Waals surface area contributed by atoms with E-state index in [-0.39, 0.29) is 22.8 Å². The van der Waals surface area contributed by atoms with Gasteiger partial charge in [0.05, 0.1) is 18.1 Å². The Morgan fingerprint density at radius 3 is 2.41 bits per heavy atom.